The van der Waals surface area contributed by atoms with Crippen molar-refractivity contribution in [3.05, 3.63) is 205 Å². The van der Waals surface area contributed by atoms with Gasteiger partial charge in [-0.3, -0.25) is 9.98 Å². The zero-order valence-electron chi connectivity index (χ0n) is 50.4. The zero-order chi connectivity index (χ0) is 60.0. The third kappa shape index (κ3) is 25.1. The SMILES string of the molecule is COc1ccc(N=Nc2ccc(OCCCCCCCCOc3ccc(C=Nc4ccc(OCCCCCOc5cccc(N=Cc6ccc(OCCCCCCCCOc7ccc(N=Nc8ccc(OC)cc8)cc7)cc6)c5)cc4)cc3)cc2)cc1. The van der Waals surface area contributed by atoms with Crippen molar-refractivity contribution in [3.63, 3.8) is 0 Å². The highest BCUT2D eigenvalue weighted by Gasteiger charge is 2.04. The molecule has 0 spiro atoms. The fourth-order valence-corrected chi connectivity index (χ4v) is 8.97. The van der Waals surface area contributed by atoms with Gasteiger partial charge in [0.25, 0.3) is 0 Å². The Labute approximate surface area is 514 Å². The van der Waals surface area contributed by atoms with Crippen LogP contribution in [0.1, 0.15) is 107 Å². The number of benzene rings is 8. The summed E-state index contributed by atoms with van der Waals surface area (Å²) < 4.78 is 46.4. The molecule has 0 N–H and O–H groups in total. The largest absolute Gasteiger partial charge is 0.497 e. The van der Waals surface area contributed by atoms with Gasteiger partial charge < -0.3 is 37.9 Å². The Morgan fingerprint density at radius 2 is 0.494 bits per heavy atom. The predicted octanol–water partition coefficient (Wildman–Crippen LogP) is 20.3. The maximum Gasteiger partial charge on any atom is 0.121 e. The first-order valence-corrected chi connectivity index (χ1v) is 30.6. The third-order valence-corrected chi connectivity index (χ3v) is 14.0. The number of methoxy groups -OCH3 is 2. The number of nitrogens with zero attached hydrogens (tertiary/aromatic N) is 6. The van der Waals surface area contributed by atoms with Crippen LogP contribution in [0, 0.1) is 0 Å². The molecule has 0 aliphatic heterocycles. The summed E-state index contributed by atoms with van der Waals surface area (Å²) in [4.78, 5) is 9.35. The molecule has 8 aromatic rings. The topological polar surface area (TPSA) is 148 Å². The molecule has 0 saturated carbocycles. The number of aliphatic imine (C=N–C) groups is 2. The quantitative estimate of drug-likeness (QED) is 0.0209. The summed E-state index contributed by atoms with van der Waals surface area (Å²) in [7, 11) is 3.29. The monoisotopic (exact) mass is 1170 g/mol. The Hall–Kier alpha value is -9.30. The summed E-state index contributed by atoms with van der Waals surface area (Å²) in [5.41, 5.74) is 6.84. The highest BCUT2D eigenvalue weighted by Crippen LogP contribution is 2.27. The second-order valence-corrected chi connectivity index (χ2v) is 20.8. The average Bonchev–Trinajstić information content (AvgIpc) is 3.66. The number of hydrogen-bond acceptors (Lipinski definition) is 14. The Bertz CT molecular complexity index is 3280. The molecule has 0 amide bonds. The number of rotatable bonds is 40. The van der Waals surface area contributed by atoms with Crippen LogP contribution >= 0.6 is 0 Å². The zero-order valence-corrected chi connectivity index (χ0v) is 50.4. The summed E-state index contributed by atoms with van der Waals surface area (Å²) in [6, 6.07) is 62.3. The van der Waals surface area contributed by atoms with E-state index in [1.54, 1.807) is 14.2 Å². The molecule has 0 unspecified atom stereocenters. The molecule has 14 heteroatoms. The van der Waals surface area contributed by atoms with E-state index in [1.165, 1.54) is 25.7 Å². The van der Waals surface area contributed by atoms with Gasteiger partial charge in [-0.1, -0.05) is 57.4 Å². The lowest BCUT2D eigenvalue weighted by Crippen LogP contribution is -2.00. The predicted molar refractivity (Wildman–Crippen MR) is 350 cm³/mol. The maximum atomic E-state index is 6.07. The summed E-state index contributed by atoms with van der Waals surface area (Å²) >= 11 is 0. The second kappa shape index (κ2) is 37.9. The molecule has 87 heavy (non-hydrogen) atoms. The normalized spacial score (nSPS) is 11.4. The second-order valence-electron chi connectivity index (χ2n) is 20.8. The van der Waals surface area contributed by atoms with Crippen LogP contribution in [0.15, 0.2) is 225 Å². The molecular formula is C73H82N6O8. The molecule has 0 aliphatic carbocycles. The fraction of sp³-hybridized carbons (Fsp3) is 0.315. The molecule has 14 nitrogen and oxygen atoms in total. The van der Waals surface area contributed by atoms with Crippen molar-refractivity contribution in [2.24, 2.45) is 30.4 Å². The van der Waals surface area contributed by atoms with Crippen molar-refractivity contribution >= 4 is 46.6 Å². The summed E-state index contributed by atoms with van der Waals surface area (Å²) in [6.07, 6.45) is 20.1. The van der Waals surface area contributed by atoms with Crippen LogP contribution < -0.4 is 37.9 Å². The van der Waals surface area contributed by atoms with Crippen molar-refractivity contribution in [2.45, 2.75) is 96.3 Å². The van der Waals surface area contributed by atoms with Gasteiger partial charge in [0.1, 0.15) is 46.0 Å². The fourth-order valence-electron chi connectivity index (χ4n) is 8.97. The van der Waals surface area contributed by atoms with Crippen LogP contribution in [0.2, 0.25) is 0 Å². The minimum absolute atomic E-state index is 0.633. The van der Waals surface area contributed by atoms with E-state index in [0.717, 1.165) is 162 Å². The number of unbranched alkanes of at least 4 members (excludes halogenated alkanes) is 12. The Morgan fingerprint density at radius 3 is 0.816 bits per heavy atom. The van der Waals surface area contributed by atoms with Crippen LogP contribution in [0.25, 0.3) is 0 Å². The molecule has 0 heterocycles. The van der Waals surface area contributed by atoms with Crippen LogP contribution in [0.4, 0.5) is 34.1 Å². The average molecular weight is 1170 g/mol. The molecular weight excluding hydrogens is 1090 g/mol. The van der Waals surface area contributed by atoms with Gasteiger partial charge in [-0.2, -0.15) is 20.5 Å². The maximum absolute atomic E-state index is 6.07. The Balaban J connectivity index is 0.584. The van der Waals surface area contributed by atoms with E-state index in [0.29, 0.717) is 39.6 Å². The van der Waals surface area contributed by atoms with Crippen LogP contribution in [-0.4, -0.2) is 66.3 Å². The lowest BCUT2D eigenvalue weighted by Gasteiger charge is -2.08. The molecule has 0 saturated heterocycles. The smallest absolute Gasteiger partial charge is 0.121 e. The van der Waals surface area contributed by atoms with Gasteiger partial charge in [-0.25, -0.2) is 0 Å². The lowest BCUT2D eigenvalue weighted by molar-refractivity contribution is 0.279. The van der Waals surface area contributed by atoms with E-state index >= 15 is 0 Å². The summed E-state index contributed by atoms with van der Waals surface area (Å²) in [5.74, 6) is 6.67. The van der Waals surface area contributed by atoms with Crippen molar-refractivity contribution < 1.29 is 37.9 Å². The van der Waals surface area contributed by atoms with Crippen LogP contribution in [0.5, 0.6) is 46.0 Å². The molecule has 0 bridgehead atoms. The summed E-state index contributed by atoms with van der Waals surface area (Å²) in [5, 5.41) is 17.2. The van der Waals surface area contributed by atoms with Crippen molar-refractivity contribution in [1.82, 2.24) is 0 Å². The highest BCUT2D eigenvalue weighted by molar-refractivity contribution is 5.83. The standard InChI is InChI=1S/C73H82N6O8/c1-80-66-39-27-61(28-40-66)76-78-63-31-45-71(46-32-63)84-51-14-9-5-3-7-12-49-82-68-35-21-58(22-36-68)56-74-60-25-43-70(44-26-60)86-53-16-11-17-54-87-73-20-18-19-65(55-73)75-57-59-23-37-69(38-24-59)83-50-13-8-4-6-10-15-52-85-72-47-33-64(34-48-72)79-77-62-29-41-67(81-2)42-30-62/h18-48,55-57H,3-17,49-54H2,1-2H3. The van der Waals surface area contributed by atoms with Crippen LogP contribution in [0.3, 0.4) is 0 Å². The van der Waals surface area contributed by atoms with E-state index in [4.69, 9.17) is 42.9 Å². The first-order chi connectivity index (χ1) is 43.0. The van der Waals surface area contributed by atoms with Crippen molar-refractivity contribution in [2.75, 3.05) is 53.9 Å². The number of azo groups is 2. The van der Waals surface area contributed by atoms with Crippen molar-refractivity contribution in [3.8, 4) is 46.0 Å². The van der Waals surface area contributed by atoms with Gasteiger partial charge in [0.05, 0.1) is 88.0 Å². The molecule has 0 atom stereocenters. The highest BCUT2D eigenvalue weighted by atomic mass is 16.5. The van der Waals surface area contributed by atoms with Gasteiger partial charge in [0, 0.05) is 18.5 Å². The van der Waals surface area contributed by atoms with E-state index in [-0.39, 0.29) is 0 Å². The molecule has 0 fully saturated rings. The van der Waals surface area contributed by atoms with Crippen molar-refractivity contribution in [1.29, 1.82) is 0 Å². The molecule has 0 radical (unpaired) electrons. The van der Waals surface area contributed by atoms with Gasteiger partial charge >= 0.3 is 0 Å². The molecule has 8 aromatic carbocycles. The molecule has 0 aromatic heterocycles. The first-order valence-electron chi connectivity index (χ1n) is 30.6. The first kappa shape index (κ1) is 63.7. The van der Waals surface area contributed by atoms with Gasteiger partial charge in [0.15, 0.2) is 0 Å². The Kier molecular flexibility index (Phi) is 27.8. The van der Waals surface area contributed by atoms with E-state index < -0.39 is 0 Å². The summed E-state index contributed by atoms with van der Waals surface area (Å²) in [6.45, 7) is 4.10. The lowest BCUT2D eigenvalue weighted by atomic mass is 10.1. The molecule has 452 valence electrons. The number of hydrogen-bond donors (Lipinski definition) is 0. The minimum atomic E-state index is 0.633. The van der Waals surface area contributed by atoms with Crippen LogP contribution in [-0.2, 0) is 0 Å². The van der Waals surface area contributed by atoms with E-state index in [1.807, 2.05) is 207 Å². The van der Waals surface area contributed by atoms with E-state index in [9.17, 15) is 0 Å². The van der Waals surface area contributed by atoms with Gasteiger partial charge in [0.2, 0.25) is 0 Å². The van der Waals surface area contributed by atoms with Gasteiger partial charge in [-0.05, 0) is 238 Å². The van der Waals surface area contributed by atoms with E-state index in [2.05, 4.69) is 25.4 Å². The van der Waals surface area contributed by atoms with Gasteiger partial charge in [-0.15, -0.1) is 0 Å². The molecule has 8 rings (SSSR count). The minimum Gasteiger partial charge on any atom is -0.497 e. The number of ether oxygens (including phenoxy) is 8. The Morgan fingerprint density at radius 1 is 0.241 bits per heavy atom. The third-order valence-electron chi connectivity index (χ3n) is 14.0. The molecule has 0 aliphatic rings.